The highest BCUT2D eigenvalue weighted by Crippen LogP contribution is 2.22. The molecule has 17 heavy (non-hydrogen) atoms. The van der Waals surface area contributed by atoms with Crippen molar-refractivity contribution >= 4 is 27.1 Å². The smallest absolute Gasteiger partial charge is 0.178 e. The van der Waals surface area contributed by atoms with E-state index >= 15 is 0 Å². The monoisotopic (exact) mass is 271 g/mol. The number of aromatic nitrogens is 2. The summed E-state index contributed by atoms with van der Waals surface area (Å²) in [6.45, 7) is 0. The molecule has 0 aliphatic rings. The fourth-order valence-corrected chi connectivity index (χ4v) is 2.07. The molecule has 0 aliphatic carbocycles. The second-order valence-corrected chi connectivity index (χ2v) is 6.05. The molecule has 0 aliphatic heterocycles. The predicted octanol–water partition coefficient (Wildman–Crippen LogP) is 1.51. The van der Waals surface area contributed by atoms with E-state index in [1.54, 1.807) is 18.2 Å². The topological polar surface area (TPSA) is 78.0 Å². The van der Waals surface area contributed by atoms with Crippen LogP contribution in [0, 0.1) is 0 Å². The van der Waals surface area contributed by atoms with Crippen LogP contribution in [0.4, 0.5) is 5.69 Å². The molecule has 0 bridgehead atoms. The van der Waals surface area contributed by atoms with Gasteiger partial charge in [-0.2, -0.15) is 5.10 Å². The van der Waals surface area contributed by atoms with Crippen molar-refractivity contribution in [3.63, 3.8) is 0 Å². The van der Waals surface area contributed by atoms with Crippen LogP contribution in [0.15, 0.2) is 35.5 Å². The van der Waals surface area contributed by atoms with Crippen molar-refractivity contribution in [1.82, 2.24) is 9.78 Å². The van der Waals surface area contributed by atoms with Crippen molar-refractivity contribution in [2.24, 2.45) is 0 Å². The molecule has 90 valence electrons. The number of hydrogen-bond acceptors (Lipinski definition) is 4. The van der Waals surface area contributed by atoms with E-state index in [0.717, 1.165) is 6.26 Å². The normalized spacial score (nSPS) is 11.6. The molecule has 0 fully saturated rings. The minimum absolute atomic E-state index is 0.145. The van der Waals surface area contributed by atoms with E-state index in [1.807, 2.05) is 0 Å². The number of hydrogen-bond donors (Lipinski definition) is 1. The summed E-state index contributed by atoms with van der Waals surface area (Å²) >= 11 is 5.78. The van der Waals surface area contributed by atoms with Gasteiger partial charge in [-0.15, -0.1) is 0 Å². The molecule has 5 nitrogen and oxygen atoms in total. The maximum Gasteiger partial charge on any atom is 0.178 e. The number of anilines is 1. The largest absolute Gasteiger partial charge is 0.397 e. The Bertz CT molecular complexity index is 664. The van der Waals surface area contributed by atoms with Gasteiger partial charge in [-0.3, -0.25) is 0 Å². The number of rotatable bonds is 2. The Kier molecular flexibility index (Phi) is 2.84. The van der Waals surface area contributed by atoms with Crippen molar-refractivity contribution in [3.8, 4) is 5.69 Å². The third-order valence-corrected chi connectivity index (χ3v) is 3.53. The van der Waals surface area contributed by atoms with Gasteiger partial charge in [0.25, 0.3) is 0 Å². The first kappa shape index (κ1) is 11.9. The lowest BCUT2D eigenvalue weighted by molar-refractivity contribution is 0.602. The van der Waals surface area contributed by atoms with Crippen LogP contribution < -0.4 is 5.73 Å². The van der Waals surface area contributed by atoms with Crippen LogP contribution in [0.2, 0.25) is 5.02 Å². The lowest BCUT2D eigenvalue weighted by Gasteiger charge is -2.05. The van der Waals surface area contributed by atoms with E-state index in [-0.39, 0.29) is 4.90 Å². The zero-order valence-corrected chi connectivity index (χ0v) is 10.5. The summed E-state index contributed by atoms with van der Waals surface area (Å²) in [7, 11) is -3.26. The summed E-state index contributed by atoms with van der Waals surface area (Å²) in [6.07, 6.45) is 3.82. The van der Waals surface area contributed by atoms with Crippen LogP contribution in [0.5, 0.6) is 0 Å². The van der Waals surface area contributed by atoms with Crippen LogP contribution in [0.25, 0.3) is 5.69 Å². The number of halogens is 1. The zero-order chi connectivity index (χ0) is 12.6. The third-order valence-electron chi connectivity index (χ3n) is 2.22. The average molecular weight is 272 g/mol. The lowest BCUT2D eigenvalue weighted by atomic mass is 10.3. The van der Waals surface area contributed by atoms with Crippen molar-refractivity contribution in [3.05, 3.63) is 35.6 Å². The van der Waals surface area contributed by atoms with E-state index in [4.69, 9.17) is 17.3 Å². The molecule has 0 atom stereocenters. The Morgan fingerprint density at radius 1 is 1.41 bits per heavy atom. The Balaban J connectivity index is 2.51. The number of sulfone groups is 1. The molecule has 0 radical (unpaired) electrons. The van der Waals surface area contributed by atoms with Gasteiger partial charge in [-0.25, -0.2) is 13.1 Å². The summed E-state index contributed by atoms with van der Waals surface area (Å²) in [6, 6.07) is 4.92. The first-order valence-electron chi connectivity index (χ1n) is 4.68. The van der Waals surface area contributed by atoms with Gasteiger partial charge in [-0.1, -0.05) is 11.6 Å². The van der Waals surface area contributed by atoms with E-state index < -0.39 is 9.84 Å². The van der Waals surface area contributed by atoms with Crippen molar-refractivity contribution in [2.75, 3.05) is 12.0 Å². The van der Waals surface area contributed by atoms with Crippen LogP contribution in [-0.2, 0) is 9.84 Å². The second kappa shape index (κ2) is 4.05. The summed E-state index contributed by atoms with van der Waals surface area (Å²) < 4.78 is 24.0. The first-order valence-corrected chi connectivity index (χ1v) is 6.95. The minimum atomic E-state index is -3.26. The van der Waals surface area contributed by atoms with Crippen LogP contribution in [0.3, 0.4) is 0 Å². The number of nitrogen functional groups attached to an aromatic ring is 1. The molecule has 1 heterocycles. The molecule has 0 spiro atoms. The van der Waals surface area contributed by atoms with Crippen molar-refractivity contribution in [1.29, 1.82) is 0 Å². The molecule has 0 saturated heterocycles. The Hall–Kier alpha value is -1.53. The number of nitrogens with two attached hydrogens (primary N) is 1. The van der Waals surface area contributed by atoms with Gasteiger partial charge in [-0.05, 0) is 18.2 Å². The van der Waals surface area contributed by atoms with Crippen LogP contribution >= 0.6 is 11.6 Å². The van der Waals surface area contributed by atoms with Gasteiger partial charge in [0.05, 0.1) is 17.6 Å². The molecule has 2 rings (SSSR count). The Morgan fingerprint density at radius 3 is 2.65 bits per heavy atom. The molecule has 0 saturated carbocycles. The van der Waals surface area contributed by atoms with E-state index in [0.29, 0.717) is 16.4 Å². The fraction of sp³-hybridized carbons (Fsp3) is 0.100. The first-order chi connectivity index (χ1) is 7.88. The average Bonchev–Trinajstić information content (AvgIpc) is 2.65. The summed E-state index contributed by atoms with van der Waals surface area (Å²) in [4.78, 5) is 0.145. The summed E-state index contributed by atoms with van der Waals surface area (Å²) in [5.74, 6) is 0. The molecule has 2 aromatic rings. The SMILES string of the molecule is CS(=O)(=O)c1cnn(-c2ccc(Cl)cc2N)c1. The van der Waals surface area contributed by atoms with E-state index in [2.05, 4.69) is 5.10 Å². The molecular formula is C10H10ClN3O2S. The Labute approximate surface area is 104 Å². The third kappa shape index (κ3) is 2.42. The van der Waals surface area contributed by atoms with Gasteiger partial charge in [0.15, 0.2) is 9.84 Å². The minimum Gasteiger partial charge on any atom is -0.397 e. The molecular weight excluding hydrogens is 262 g/mol. The van der Waals surface area contributed by atoms with Crippen molar-refractivity contribution < 1.29 is 8.42 Å². The highest BCUT2D eigenvalue weighted by Gasteiger charge is 2.11. The predicted molar refractivity (Wildman–Crippen MR) is 66.1 cm³/mol. The zero-order valence-electron chi connectivity index (χ0n) is 8.96. The van der Waals surface area contributed by atoms with E-state index in [9.17, 15) is 8.42 Å². The van der Waals surface area contributed by atoms with E-state index in [1.165, 1.54) is 17.1 Å². The fourth-order valence-electron chi connectivity index (χ4n) is 1.36. The quantitative estimate of drug-likeness (QED) is 0.840. The number of benzene rings is 1. The van der Waals surface area contributed by atoms with Gasteiger partial charge in [0.1, 0.15) is 4.90 Å². The summed E-state index contributed by atoms with van der Waals surface area (Å²) in [5.41, 5.74) is 6.80. The number of nitrogens with zero attached hydrogens (tertiary/aromatic N) is 2. The van der Waals surface area contributed by atoms with Gasteiger partial charge < -0.3 is 5.73 Å². The van der Waals surface area contributed by atoms with Gasteiger partial charge in [0, 0.05) is 17.5 Å². The molecule has 0 unspecified atom stereocenters. The van der Waals surface area contributed by atoms with Crippen molar-refractivity contribution in [2.45, 2.75) is 4.90 Å². The highest BCUT2D eigenvalue weighted by molar-refractivity contribution is 7.90. The summed E-state index contributed by atoms with van der Waals surface area (Å²) in [5, 5.41) is 4.47. The molecule has 7 heteroatoms. The molecule has 1 aromatic carbocycles. The highest BCUT2D eigenvalue weighted by atomic mass is 35.5. The maximum atomic E-state index is 11.3. The maximum absolute atomic E-state index is 11.3. The molecule has 1 aromatic heterocycles. The Morgan fingerprint density at radius 2 is 2.12 bits per heavy atom. The van der Waals surface area contributed by atoms with Crippen LogP contribution in [0.1, 0.15) is 0 Å². The molecule has 2 N–H and O–H groups in total. The lowest BCUT2D eigenvalue weighted by Crippen LogP contribution is -2.00. The van der Waals surface area contributed by atoms with Gasteiger partial charge >= 0.3 is 0 Å². The van der Waals surface area contributed by atoms with Gasteiger partial charge in [0.2, 0.25) is 0 Å². The van der Waals surface area contributed by atoms with Crippen LogP contribution in [-0.4, -0.2) is 24.5 Å². The second-order valence-electron chi connectivity index (χ2n) is 3.60. The molecule has 0 amide bonds. The standard InChI is InChI=1S/C10H10ClN3O2S/c1-17(15,16)8-5-13-14(6-8)10-3-2-7(11)4-9(10)12/h2-6H,12H2,1H3.